The highest BCUT2D eigenvalue weighted by Gasteiger charge is 2.17. The first-order chi connectivity index (χ1) is 10.8. The minimum Gasteiger partial charge on any atom is -0.339 e. The molecule has 4 nitrogen and oxygen atoms in total. The topological polar surface area (TPSA) is 26.8 Å². The molecule has 0 spiro atoms. The second-order valence-electron chi connectivity index (χ2n) is 6.23. The lowest BCUT2D eigenvalue weighted by molar-refractivity contribution is 0.0744. The molecule has 1 aromatic rings. The Balaban J connectivity index is 2.74. The van der Waals surface area contributed by atoms with Crippen molar-refractivity contribution < 1.29 is 13.6 Å². The zero-order valence-electron chi connectivity index (χ0n) is 14.5. The molecule has 1 aromatic carbocycles. The van der Waals surface area contributed by atoms with Gasteiger partial charge in [-0.05, 0) is 72.3 Å². The first kappa shape index (κ1) is 19.5. The fourth-order valence-corrected chi connectivity index (χ4v) is 2.28. The summed E-state index contributed by atoms with van der Waals surface area (Å²) in [7, 11) is 7.92. The molecule has 130 valence electrons. The summed E-state index contributed by atoms with van der Waals surface area (Å²) in [6, 6.07) is 3.31. The number of halogens is 2. The van der Waals surface area contributed by atoms with Crippen molar-refractivity contribution in [2.75, 3.05) is 54.4 Å². The average Bonchev–Trinajstić information content (AvgIpc) is 2.47. The van der Waals surface area contributed by atoms with Gasteiger partial charge in [-0.15, -0.1) is 0 Å². The van der Waals surface area contributed by atoms with E-state index in [1.54, 1.807) is 4.90 Å². The molecule has 1 rings (SSSR count). The monoisotopic (exact) mass is 327 g/mol. The largest absolute Gasteiger partial charge is 0.339 e. The summed E-state index contributed by atoms with van der Waals surface area (Å²) in [6.45, 7) is 2.94. The van der Waals surface area contributed by atoms with Crippen molar-refractivity contribution >= 4 is 5.91 Å². The van der Waals surface area contributed by atoms with E-state index in [1.165, 1.54) is 6.07 Å². The number of hydrogen-bond acceptors (Lipinski definition) is 3. The highest BCUT2D eigenvalue weighted by Crippen LogP contribution is 2.12. The molecule has 0 aliphatic heterocycles. The molecule has 0 radical (unpaired) electrons. The van der Waals surface area contributed by atoms with Crippen LogP contribution in [0.2, 0.25) is 0 Å². The van der Waals surface area contributed by atoms with Gasteiger partial charge in [0.2, 0.25) is 0 Å². The fraction of sp³-hybridized carbons (Fsp3) is 0.588. The van der Waals surface area contributed by atoms with Gasteiger partial charge in [-0.2, -0.15) is 0 Å². The van der Waals surface area contributed by atoms with Crippen LogP contribution in [0.5, 0.6) is 0 Å². The van der Waals surface area contributed by atoms with Gasteiger partial charge in [-0.25, -0.2) is 8.78 Å². The Morgan fingerprint density at radius 3 is 1.83 bits per heavy atom. The molecule has 0 fully saturated rings. The molecular weight excluding hydrogens is 300 g/mol. The van der Waals surface area contributed by atoms with Crippen LogP contribution >= 0.6 is 0 Å². The van der Waals surface area contributed by atoms with Gasteiger partial charge in [0.25, 0.3) is 5.91 Å². The van der Waals surface area contributed by atoms with Crippen molar-refractivity contribution in [1.29, 1.82) is 0 Å². The van der Waals surface area contributed by atoms with Gasteiger partial charge in [0.05, 0.1) is 0 Å². The zero-order chi connectivity index (χ0) is 17.4. The minimum absolute atomic E-state index is 0.193. The second kappa shape index (κ2) is 9.57. The first-order valence-corrected chi connectivity index (χ1v) is 7.85. The van der Waals surface area contributed by atoms with Gasteiger partial charge in [-0.3, -0.25) is 4.79 Å². The molecule has 0 saturated carbocycles. The molecule has 0 aliphatic rings. The molecule has 0 atom stereocenters. The van der Waals surface area contributed by atoms with Crippen molar-refractivity contribution in [3.8, 4) is 0 Å². The Kier molecular flexibility index (Phi) is 8.12. The number of nitrogens with zero attached hydrogens (tertiary/aromatic N) is 3. The lowest BCUT2D eigenvalue weighted by atomic mass is 10.1. The van der Waals surface area contributed by atoms with Gasteiger partial charge in [0.1, 0.15) is 0 Å². The number of hydrogen-bond donors (Lipinski definition) is 0. The van der Waals surface area contributed by atoms with Crippen molar-refractivity contribution in [3.63, 3.8) is 0 Å². The summed E-state index contributed by atoms with van der Waals surface area (Å²) in [5.41, 5.74) is 0.193. The summed E-state index contributed by atoms with van der Waals surface area (Å²) in [5.74, 6) is -2.17. The second-order valence-corrected chi connectivity index (χ2v) is 6.23. The normalized spacial score (nSPS) is 11.3. The van der Waals surface area contributed by atoms with E-state index in [4.69, 9.17) is 0 Å². The van der Waals surface area contributed by atoms with Crippen LogP contribution in [0.3, 0.4) is 0 Å². The Morgan fingerprint density at radius 2 is 1.39 bits per heavy atom. The lowest BCUT2D eigenvalue weighted by Gasteiger charge is -2.24. The van der Waals surface area contributed by atoms with Gasteiger partial charge in [0.15, 0.2) is 11.6 Å². The third kappa shape index (κ3) is 7.05. The molecule has 0 bridgehead atoms. The maximum Gasteiger partial charge on any atom is 0.253 e. The molecule has 0 heterocycles. The Hall–Kier alpha value is -1.53. The highest BCUT2D eigenvalue weighted by molar-refractivity contribution is 5.94. The van der Waals surface area contributed by atoms with Crippen LogP contribution in [-0.2, 0) is 0 Å². The van der Waals surface area contributed by atoms with Crippen LogP contribution in [0.1, 0.15) is 23.2 Å². The van der Waals surface area contributed by atoms with Crippen LogP contribution < -0.4 is 0 Å². The van der Waals surface area contributed by atoms with Crippen molar-refractivity contribution in [2.24, 2.45) is 0 Å². The predicted octanol–water partition coefficient (Wildman–Crippen LogP) is 2.31. The molecule has 0 unspecified atom stereocenters. The van der Waals surface area contributed by atoms with E-state index in [0.29, 0.717) is 13.1 Å². The Bertz CT molecular complexity index is 493. The SMILES string of the molecule is CN(C)CCCN(CCCN(C)C)C(=O)c1ccc(F)c(F)c1. The molecule has 6 heteroatoms. The maximum absolute atomic E-state index is 13.4. The highest BCUT2D eigenvalue weighted by atomic mass is 19.2. The standard InChI is InChI=1S/C17H27F2N3O/c1-20(2)9-5-11-22(12-6-10-21(3)4)17(23)14-7-8-15(18)16(19)13-14/h7-8,13H,5-6,9-12H2,1-4H3. The van der Waals surface area contributed by atoms with Gasteiger partial charge < -0.3 is 14.7 Å². The van der Waals surface area contributed by atoms with Crippen LogP contribution in [0.4, 0.5) is 8.78 Å². The third-order valence-electron chi connectivity index (χ3n) is 3.52. The maximum atomic E-state index is 13.4. The third-order valence-corrected chi connectivity index (χ3v) is 3.52. The van der Waals surface area contributed by atoms with Crippen molar-refractivity contribution in [2.45, 2.75) is 12.8 Å². The van der Waals surface area contributed by atoms with Crippen molar-refractivity contribution in [3.05, 3.63) is 35.4 Å². The van der Waals surface area contributed by atoms with Crippen LogP contribution in [-0.4, -0.2) is 75.0 Å². The van der Waals surface area contributed by atoms with E-state index in [9.17, 15) is 13.6 Å². The molecule has 0 aromatic heterocycles. The number of carbonyl (C=O) groups excluding carboxylic acids is 1. The average molecular weight is 327 g/mol. The van der Waals surface area contributed by atoms with Gasteiger partial charge in [0, 0.05) is 18.7 Å². The number of rotatable bonds is 9. The van der Waals surface area contributed by atoms with Crippen LogP contribution in [0.15, 0.2) is 18.2 Å². The zero-order valence-corrected chi connectivity index (χ0v) is 14.5. The quantitative estimate of drug-likeness (QED) is 0.696. The molecule has 23 heavy (non-hydrogen) atoms. The van der Waals surface area contributed by atoms with E-state index >= 15 is 0 Å². The first-order valence-electron chi connectivity index (χ1n) is 7.85. The molecule has 0 aliphatic carbocycles. The molecule has 1 amide bonds. The van der Waals surface area contributed by atoms with E-state index < -0.39 is 11.6 Å². The molecular formula is C17H27F2N3O. The number of benzene rings is 1. The van der Waals surface area contributed by atoms with E-state index in [-0.39, 0.29) is 11.5 Å². The van der Waals surface area contributed by atoms with Crippen LogP contribution in [0, 0.1) is 11.6 Å². The summed E-state index contributed by atoms with van der Waals surface area (Å²) in [6.07, 6.45) is 1.68. The number of amides is 1. The predicted molar refractivity (Wildman–Crippen MR) is 88.6 cm³/mol. The van der Waals surface area contributed by atoms with Crippen LogP contribution in [0.25, 0.3) is 0 Å². The summed E-state index contributed by atoms with van der Waals surface area (Å²) < 4.78 is 26.4. The Morgan fingerprint density at radius 1 is 0.870 bits per heavy atom. The molecule has 0 saturated heterocycles. The fourth-order valence-electron chi connectivity index (χ4n) is 2.28. The van der Waals surface area contributed by atoms with E-state index in [0.717, 1.165) is 38.1 Å². The Labute approximate surface area is 137 Å². The summed E-state index contributed by atoms with van der Waals surface area (Å²) in [4.78, 5) is 18.4. The molecule has 0 N–H and O–H groups in total. The summed E-state index contributed by atoms with van der Waals surface area (Å²) in [5, 5.41) is 0. The van der Waals surface area contributed by atoms with Gasteiger partial charge in [-0.1, -0.05) is 0 Å². The van der Waals surface area contributed by atoms with E-state index in [2.05, 4.69) is 9.80 Å². The minimum atomic E-state index is -0.989. The van der Waals surface area contributed by atoms with E-state index in [1.807, 2.05) is 28.2 Å². The lowest BCUT2D eigenvalue weighted by Crippen LogP contribution is -2.35. The number of carbonyl (C=O) groups is 1. The summed E-state index contributed by atoms with van der Waals surface area (Å²) >= 11 is 0. The smallest absolute Gasteiger partial charge is 0.253 e. The van der Waals surface area contributed by atoms with Crippen molar-refractivity contribution in [1.82, 2.24) is 14.7 Å². The van der Waals surface area contributed by atoms with Gasteiger partial charge >= 0.3 is 0 Å².